The van der Waals surface area contributed by atoms with E-state index in [0.717, 1.165) is 12.2 Å². The minimum absolute atomic E-state index is 0.266. The van der Waals surface area contributed by atoms with Crippen molar-refractivity contribution in [3.8, 4) is 0 Å². The largest absolute Gasteiger partial charge is 0.306 e. The quantitative estimate of drug-likeness (QED) is 0.905. The van der Waals surface area contributed by atoms with Crippen molar-refractivity contribution in [2.75, 3.05) is 6.54 Å². The topological polar surface area (TPSA) is 24.9 Å². The molecule has 0 saturated carbocycles. The maximum Gasteiger partial charge on any atom is 0.0798 e. The highest BCUT2D eigenvalue weighted by Crippen LogP contribution is 2.28. The molecule has 18 heavy (non-hydrogen) atoms. The van der Waals surface area contributed by atoms with Gasteiger partial charge in [0.05, 0.1) is 17.2 Å². The number of nitrogens with one attached hydrogen (secondary N) is 1. The number of nitrogens with zero attached hydrogens (tertiary/aromatic N) is 1. The second kappa shape index (κ2) is 5.63. The van der Waals surface area contributed by atoms with Gasteiger partial charge in [0.2, 0.25) is 0 Å². The Bertz CT molecular complexity index is 531. The molecule has 0 aliphatic rings. The molecule has 1 aromatic heterocycles. The zero-order valence-electron chi connectivity index (χ0n) is 11.4. The van der Waals surface area contributed by atoms with Crippen molar-refractivity contribution in [3.05, 3.63) is 51.0 Å². The van der Waals surface area contributed by atoms with E-state index in [0.29, 0.717) is 0 Å². The van der Waals surface area contributed by atoms with Crippen LogP contribution >= 0.6 is 11.3 Å². The summed E-state index contributed by atoms with van der Waals surface area (Å²) in [4.78, 5) is 5.68. The molecule has 96 valence electrons. The number of thiazole rings is 1. The molecule has 0 amide bonds. The smallest absolute Gasteiger partial charge is 0.0798 e. The van der Waals surface area contributed by atoms with Gasteiger partial charge in [-0.15, -0.1) is 11.3 Å². The van der Waals surface area contributed by atoms with Gasteiger partial charge >= 0.3 is 0 Å². The second-order valence-corrected chi connectivity index (χ2v) is 5.52. The van der Waals surface area contributed by atoms with Gasteiger partial charge in [-0.2, -0.15) is 0 Å². The number of rotatable bonds is 4. The first-order valence-electron chi connectivity index (χ1n) is 6.34. The van der Waals surface area contributed by atoms with E-state index >= 15 is 0 Å². The van der Waals surface area contributed by atoms with Crippen LogP contribution in [0.25, 0.3) is 0 Å². The Hall–Kier alpha value is -1.19. The van der Waals surface area contributed by atoms with Crippen LogP contribution in [0.3, 0.4) is 0 Å². The summed E-state index contributed by atoms with van der Waals surface area (Å²) in [6.45, 7) is 9.50. The van der Waals surface area contributed by atoms with Crippen LogP contribution in [0.4, 0.5) is 0 Å². The molecule has 3 heteroatoms. The number of aromatic nitrogens is 1. The molecular weight excluding hydrogens is 240 g/mol. The van der Waals surface area contributed by atoms with E-state index in [2.05, 4.69) is 56.2 Å². The van der Waals surface area contributed by atoms with E-state index in [4.69, 9.17) is 0 Å². The third-order valence-electron chi connectivity index (χ3n) is 3.32. The van der Waals surface area contributed by atoms with Crippen LogP contribution in [0, 0.1) is 20.8 Å². The zero-order chi connectivity index (χ0) is 13.1. The van der Waals surface area contributed by atoms with E-state index in [1.54, 1.807) is 11.3 Å². The van der Waals surface area contributed by atoms with Crippen molar-refractivity contribution in [2.24, 2.45) is 0 Å². The van der Waals surface area contributed by atoms with Gasteiger partial charge in [0, 0.05) is 4.88 Å². The minimum Gasteiger partial charge on any atom is -0.306 e. The molecule has 0 spiro atoms. The Labute approximate surface area is 113 Å². The molecule has 2 rings (SSSR count). The van der Waals surface area contributed by atoms with E-state index in [9.17, 15) is 0 Å². The molecule has 0 saturated heterocycles. The molecule has 1 aromatic carbocycles. The molecular formula is C15H20N2S. The molecule has 0 radical (unpaired) electrons. The zero-order valence-corrected chi connectivity index (χ0v) is 12.3. The number of benzene rings is 1. The summed E-state index contributed by atoms with van der Waals surface area (Å²) in [5, 5.41) is 3.56. The lowest BCUT2D eigenvalue weighted by Gasteiger charge is -2.18. The van der Waals surface area contributed by atoms with Gasteiger partial charge in [-0.25, -0.2) is 4.98 Å². The highest BCUT2D eigenvalue weighted by atomic mass is 32.1. The highest BCUT2D eigenvalue weighted by Gasteiger charge is 2.17. The molecule has 0 fully saturated rings. The van der Waals surface area contributed by atoms with Gasteiger partial charge < -0.3 is 5.32 Å². The SMILES string of the molecule is CCNC(c1ccc(C)c(C)c1)c1scnc1C. The van der Waals surface area contributed by atoms with Crippen LogP contribution in [0.15, 0.2) is 23.7 Å². The molecule has 2 aromatic rings. The molecule has 0 bridgehead atoms. The van der Waals surface area contributed by atoms with E-state index in [-0.39, 0.29) is 6.04 Å². The first-order valence-corrected chi connectivity index (χ1v) is 7.22. The van der Waals surface area contributed by atoms with E-state index < -0.39 is 0 Å². The van der Waals surface area contributed by atoms with Crippen LogP contribution in [0.1, 0.15) is 40.2 Å². The molecule has 1 N–H and O–H groups in total. The Morgan fingerprint density at radius 2 is 2.00 bits per heavy atom. The third kappa shape index (κ3) is 2.62. The predicted octanol–water partition coefficient (Wildman–Crippen LogP) is 3.77. The van der Waals surface area contributed by atoms with E-state index in [1.165, 1.54) is 21.6 Å². The van der Waals surface area contributed by atoms with Crippen molar-refractivity contribution in [3.63, 3.8) is 0 Å². The third-order valence-corrected chi connectivity index (χ3v) is 4.31. The van der Waals surface area contributed by atoms with Crippen molar-refractivity contribution in [1.82, 2.24) is 10.3 Å². The van der Waals surface area contributed by atoms with Gasteiger partial charge in [-0.05, 0) is 44.0 Å². The minimum atomic E-state index is 0.266. The van der Waals surface area contributed by atoms with Gasteiger partial charge in [-0.3, -0.25) is 0 Å². The lowest BCUT2D eigenvalue weighted by Crippen LogP contribution is -2.22. The molecule has 1 heterocycles. The lowest BCUT2D eigenvalue weighted by atomic mass is 9.99. The molecule has 0 aliphatic heterocycles. The van der Waals surface area contributed by atoms with Gasteiger partial charge in [-0.1, -0.05) is 25.1 Å². The van der Waals surface area contributed by atoms with Crippen molar-refractivity contribution >= 4 is 11.3 Å². The van der Waals surface area contributed by atoms with Gasteiger partial charge in [0.1, 0.15) is 0 Å². The van der Waals surface area contributed by atoms with Crippen LogP contribution < -0.4 is 5.32 Å². The summed E-state index contributed by atoms with van der Waals surface area (Å²) in [5.74, 6) is 0. The van der Waals surface area contributed by atoms with E-state index in [1.807, 2.05) is 5.51 Å². The summed E-state index contributed by atoms with van der Waals surface area (Å²) in [6.07, 6.45) is 0. The fourth-order valence-corrected chi connectivity index (χ4v) is 3.00. The van der Waals surface area contributed by atoms with Gasteiger partial charge in [0.25, 0.3) is 0 Å². The summed E-state index contributed by atoms with van der Waals surface area (Å²) in [6, 6.07) is 6.96. The standard InChI is InChI=1S/C15H20N2S/c1-5-16-14(15-12(4)17-9-18-15)13-7-6-10(2)11(3)8-13/h6-9,14,16H,5H2,1-4H3. The fourth-order valence-electron chi connectivity index (χ4n) is 2.10. The normalized spacial score (nSPS) is 12.7. The van der Waals surface area contributed by atoms with Crippen LogP contribution in [-0.2, 0) is 0 Å². The Balaban J connectivity index is 2.41. The Morgan fingerprint density at radius 3 is 2.56 bits per heavy atom. The monoisotopic (exact) mass is 260 g/mol. The molecule has 1 atom stereocenters. The second-order valence-electron chi connectivity index (χ2n) is 4.64. The van der Waals surface area contributed by atoms with Gasteiger partial charge in [0.15, 0.2) is 0 Å². The number of aryl methyl sites for hydroxylation is 3. The molecule has 1 unspecified atom stereocenters. The molecule has 0 aliphatic carbocycles. The van der Waals surface area contributed by atoms with Crippen molar-refractivity contribution in [1.29, 1.82) is 0 Å². The lowest BCUT2D eigenvalue weighted by molar-refractivity contribution is 0.635. The number of hydrogen-bond acceptors (Lipinski definition) is 3. The maximum atomic E-state index is 4.36. The summed E-state index contributed by atoms with van der Waals surface area (Å²) >= 11 is 1.73. The highest BCUT2D eigenvalue weighted by molar-refractivity contribution is 7.09. The summed E-state index contributed by atoms with van der Waals surface area (Å²) < 4.78 is 0. The van der Waals surface area contributed by atoms with Crippen molar-refractivity contribution in [2.45, 2.75) is 33.7 Å². The Morgan fingerprint density at radius 1 is 1.22 bits per heavy atom. The Kier molecular flexibility index (Phi) is 4.15. The van der Waals surface area contributed by atoms with Crippen LogP contribution in [-0.4, -0.2) is 11.5 Å². The predicted molar refractivity (Wildman–Crippen MR) is 78.3 cm³/mol. The van der Waals surface area contributed by atoms with Crippen LogP contribution in [0.5, 0.6) is 0 Å². The molecule has 2 nitrogen and oxygen atoms in total. The van der Waals surface area contributed by atoms with Crippen LogP contribution in [0.2, 0.25) is 0 Å². The first-order chi connectivity index (χ1) is 8.63. The average Bonchev–Trinajstić information content (AvgIpc) is 2.76. The summed E-state index contributed by atoms with van der Waals surface area (Å²) in [5.41, 5.74) is 7.07. The average molecular weight is 260 g/mol. The first kappa shape index (κ1) is 13.2. The number of hydrogen-bond donors (Lipinski definition) is 1. The summed E-state index contributed by atoms with van der Waals surface area (Å²) in [7, 11) is 0. The van der Waals surface area contributed by atoms with Crippen molar-refractivity contribution < 1.29 is 0 Å². The maximum absolute atomic E-state index is 4.36. The fraction of sp³-hybridized carbons (Fsp3) is 0.400.